The van der Waals surface area contributed by atoms with Gasteiger partial charge < -0.3 is 91.9 Å². The van der Waals surface area contributed by atoms with Gasteiger partial charge in [0.05, 0.1) is 54.9 Å². The Morgan fingerprint density at radius 2 is 0.237 bits per heavy atom. The Morgan fingerprint density at radius 1 is 0.129 bits per heavy atom. The van der Waals surface area contributed by atoms with E-state index in [-0.39, 0.29) is 103 Å². The van der Waals surface area contributed by atoms with E-state index in [2.05, 4.69) is 48.5 Å². The monoisotopic (exact) mass is 2070 g/mol. The van der Waals surface area contributed by atoms with Crippen LogP contribution < -0.4 is 0 Å². The van der Waals surface area contributed by atoms with Crippen LogP contribution in [0.4, 0.5) is 79.0 Å². The lowest BCUT2D eigenvalue weighted by Crippen LogP contribution is -2.41. The van der Waals surface area contributed by atoms with Gasteiger partial charge in [-0.3, -0.25) is 0 Å². The van der Waals surface area contributed by atoms with Gasteiger partial charge in [0.15, 0.2) is 55.5 Å². The van der Waals surface area contributed by atoms with Crippen molar-refractivity contribution in [3.8, 4) is 0 Å². The van der Waals surface area contributed by atoms with Crippen LogP contribution in [-0.4, -0.2) is 275 Å². The van der Waals surface area contributed by atoms with Crippen molar-refractivity contribution in [2.45, 2.75) is 547 Å². The maximum atomic E-state index is 13.6. The summed E-state index contributed by atoms with van der Waals surface area (Å²) >= 11 is 0. The molecule has 36 unspecified atom stereocenters. The van der Waals surface area contributed by atoms with Crippen molar-refractivity contribution in [2.75, 3.05) is 59.5 Å². The first-order chi connectivity index (χ1) is 62.0. The third-order valence-corrected chi connectivity index (χ3v) is 27.4. The lowest BCUT2D eigenvalue weighted by atomic mass is 9.85. The first-order valence-corrected chi connectivity index (χ1v) is 52.1. The molecule has 9 saturated carbocycles. The number of halogens is 18. The van der Waals surface area contributed by atoms with Crippen molar-refractivity contribution in [1.82, 2.24) is 0 Å². The summed E-state index contributed by atoms with van der Waals surface area (Å²) in [5, 5.41) is 0. The van der Waals surface area contributed by atoms with Gasteiger partial charge in [-0.15, -0.1) is 0 Å². The van der Waals surface area contributed by atoms with Gasteiger partial charge in [0.25, 0.3) is 0 Å². The Kier molecular flexibility index (Phi) is 103. The predicted molar refractivity (Wildman–Crippen MR) is 527 cm³/mol. The van der Waals surface area contributed by atoms with Crippen molar-refractivity contribution < 1.29 is 171 Å². The second-order valence-electron chi connectivity index (χ2n) is 39.3. The van der Waals surface area contributed by atoms with Crippen LogP contribution in [0, 0.1) is 53.3 Å². The molecular weight excluding hydrogens is 1870 g/mol. The summed E-state index contributed by atoms with van der Waals surface area (Å²) in [5.74, 6) is -1.41. The molecule has 18 N–H and O–H groups in total. The van der Waals surface area contributed by atoms with Gasteiger partial charge in [-0.05, 0) is 227 Å². The Labute approximate surface area is 827 Å². The molecule has 18 nitrogen and oxygen atoms in total. The highest BCUT2D eigenvalue weighted by Gasteiger charge is 2.46. The fourth-order valence-corrected chi connectivity index (χ4v) is 17.3. The summed E-state index contributed by atoms with van der Waals surface area (Å²) < 4.78 is 289. The average molecular weight is 2070 g/mol. The lowest BCUT2D eigenvalue weighted by molar-refractivity contribution is -0.0720. The van der Waals surface area contributed by atoms with Gasteiger partial charge in [-0.2, -0.15) is 0 Å². The number of alkyl halides is 18. The Balaban J connectivity index is -0.000000194. The molecule has 0 saturated heterocycles. The molecule has 0 aromatic heterocycles. The summed E-state index contributed by atoms with van der Waals surface area (Å²) in [5.41, 5.74) is 0. The Morgan fingerprint density at radius 3 is 0.360 bits per heavy atom. The first-order valence-electron chi connectivity index (χ1n) is 52.1. The molecule has 9 rings (SSSR count). The average Bonchev–Trinajstić information content (AvgIpc) is 0.919. The normalized spacial score (nSPS) is 35.3. The molecule has 852 valence electrons. The van der Waals surface area contributed by atoms with Gasteiger partial charge in [-0.1, -0.05) is 208 Å². The smallest absolute Gasteiger partial charge is 0.157 e. The summed E-state index contributed by atoms with van der Waals surface area (Å²) in [6.45, 7) is 39.5. The van der Waals surface area contributed by atoms with Crippen molar-refractivity contribution in [3.63, 3.8) is 0 Å². The van der Waals surface area contributed by atoms with Crippen LogP contribution in [-0.2, 0) is 42.6 Å². The number of hydrogen-bond donors (Lipinski definition) is 0. The third kappa shape index (κ3) is 61.1. The van der Waals surface area contributed by atoms with Gasteiger partial charge in [0, 0.05) is 59.5 Å². The summed E-state index contributed by atoms with van der Waals surface area (Å²) in [7, 11) is 0. The molecule has 0 amide bonds. The summed E-state index contributed by atoms with van der Waals surface area (Å²) in [4.78, 5) is 0. The van der Waals surface area contributed by atoms with Crippen LogP contribution in [0.3, 0.4) is 0 Å². The highest BCUT2D eigenvalue weighted by molar-refractivity contribution is 4.94. The molecule has 9 aliphatic carbocycles. The molecule has 36 heteroatoms. The molecule has 36 atom stereocenters. The Bertz CT molecular complexity index is 2400. The predicted octanol–water partition coefficient (Wildman–Crippen LogP) is 23.6. The molecule has 0 spiro atoms. The molecule has 0 radical (unpaired) electrons. The van der Waals surface area contributed by atoms with E-state index in [9.17, 15) is 79.0 Å². The third-order valence-electron chi connectivity index (χ3n) is 27.4. The SMILES string of the molecule is CCCCCCOC1CCC(C)C(F)C1F.CCCCCCOC1CCC(C)C(F)C1F.CCCCCOC1CCC(C)C(F)C1F.CCCCCOC1CCC(C)C(F)C1F.CCCCOC1CCC(C)C(F)C1F.CCCCOC1CCC(C)C(F)C1F.CCCCOC1CCC(C)C(F)C1F.CCCOC1CCC(C)C(F)C1F.CCCOC1CCC(C)C(F)C1F.O.O.O.O.O.O.O.O.O. The maximum absolute atomic E-state index is 13.6. The van der Waals surface area contributed by atoms with Crippen LogP contribution in [0.1, 0.15) is 381 Å². The van der Waals surface area contributed by atoms with Gasteiger partial charge in [0.2, 0.25) is 0 Å². The minimum absolute atomic E-state index is 0. The standard InChI is InChI=1S/2C13H24F2O.2C12H22F2O.3C11H20F2O.2C10H18F2O.9H2O/c2*1-3-4-5-6-9-16-11-8-7-10(2)12(14)13(11)15;2*1-3-4-5-8-15-10-7-6-9(2)11(13)12(10)14;3*1-3-4-7-14-9-6-5-8(2)10(12)11(9)13;2*1-3-6-13-8-5-4-7(2)9(11)10(8)12;;;;;;;;;/h2*10-13H,3-9H2,1-2H3;2*9-12H,3-8H2,1-2H3;3*8-11H,3-7H2,1-2H3;2*7-10H,3-6H2,1-2H3;9*1H2. The second kappa shape index (κ2) is 92.2. The lowest BCUT2D eigenvalue weighted by Gasteiger charge is -2.32. The highest BCUT2D eigenvalue weighted by atomic mass is 19.2. The van der Waals surface area contributed by atoms with Crippen molar-refractivity contribution >= 4 is 0 Å². The van der Waals surface area contributed by atoms with Crippen LogP contribution >= 0.6 is 0 Å². The molecule has 9 aliphatic rings. The van der Waals surface area contributed by atoms with E-state index in [4.69, 9.17) is 42.6 Å². The van der Waals surface area contributed by atoms with E-state index in [1.54, 1.807) is 62.3 Å². The molecule has 0 aromatic rings. The zero-order chi connectivity index (χ0) is 97.8. The van der Waals surface area contributed by atoms with E-state index in [0.717, 1.165) is 173 Å². The molecular formula is C103H206F18O18. The second-order valence-corrected chi connectivity index (χ2v) is 39.3. The highest BCUT2D eigenvalue weighted by Crippen LogP contribution is 2.40. The fourth-order valence-electron chi connectivity index (χ4n) is 17.3. The van der Waals surface area contributed by atoms with Crippen LogP contribution in [0.15, 0.2) is 0 Å². The van der Waals surface area contributed by atoms with Crippen LogP contribution in [0.2, 0.25) is 0 Å². The fraction of sp³-hybridized carbons (Fsp3) is 1.00. The number of unbranched alkanes of at least 4 members (excludes halogenated alkanes) is 13. The van der Waals surface area contributed by atoms with Gasteiger partial charge in [0.1, 0.15) is 55.5 Å². The van der Waals surface area contributed by atoms with E-state index in [1.807, 2.05) is 13.8 Å². The van der Waals surface area contributed by atoms with E-state index < -0.39 is 166 Å². The van der Waals surface area contributed by atoms with Gasteiger partial charge >= 0.3 is 0 Å². The van der Waals surface area contributed by atoms with Crippen LogP contribution in [0.25, 0.3) is 0 Å². The van der Waals surface area contributed by atoms with E-state index >= 15 is 0 Å². The minimum atomic E-state index is -1.42. The molecule has 0 bridgehead atoms. The molecule has 0 aromatic carbocycles. The zero-order valence-corrected chi connectivity index (χ0v) is 88.4. The Hall–Kier alpha value is -1.98. The number of hydrogen-bond acceptors (Lipinski definition) is 9. The van der Waals surface area contributed by atoms with E-state index in [0.29, 0.717) is 117 Å². The van der Waals surface area contributed by atoms with Gasteiger partial charge in [-0.25, -0.2) is 79.0 Å². The van der Waals surface area contributed by atoms with Crippen molar-refractivity contribution in [1.29, 1.82) is 0 Å². The largest absolute Gasteiger partial charge is 0.412 e. The number of ether oxygens (including phenoxy) is 9. The summed E-state index contributed by atoms with van der Waals surface area (Å²) in [6.07, 6.45) is 5.98. The van der Waals surface area contributed by atoms with Crippen LogP contribution in [0.5, 0.6) is 0 Å². The number of rotatable bonds is 40. The first kappa shape index (κ1) is 155. The molecule has 0 aliphatic heterocycles. The molecule has 9 fully saturated rings. The zero-order valence-electron chi connectivity index (χ0n) is 88.4. The quantitative estimate of drug-likeness (QED) is 0.0415. The van der Waals surface area contributed by atoms with E-state index in [1.165, 1.54) is 25.7 Å². The minimum Gasteiger partial charge on any atom is -0.412 e. The maximum Gasteiger partial charge on any atom is 0.157 e. The summed E-state index contributed by atoms with van der Waals surface area (Å²) in [6, 6.07) is 0. The van der Waals surface area contributed by atoms with Crippen molar-refractivity contribution in [3.05, 3.63) is 0 Å². The topological polar surface area (TPSA) is 367 Å². The van der Waals surface area contributed by atoms with Crippen molar-refractivity contribution in [2.24, 2.45) is 53.3 Å². The molecule has 139 heavy (non-hydrogen) atoms. The molecule has 0 heterocycles.